The lowest BCUT2D eigenvalue weighted by molar-refractivity contribution is -0.386. The van der Waals surface area contributed by atoms with Crippen LogP contribution in [-0.2, 0) is 9.53 Å². The van der Waals surface area contributed by atoms with E-state index in [0.29, 0.717) is 0 Å². The van der Waals surface area contributed by atoms with Crippen LogP contribution in [0.5, 0.6) is 0 Å². The zero-order valence-electron chi connectivity index (χ0n) is 9.97. The number of nitrogens with zero attached hydrogens (tertiary/aromatic N) is 1. The standard InChI is InChI=1S/C11H13FN2O4/c1-3-18-11(15)7(2)13-9-6-4-5-8(12)10(9)14(16)17/h4-7,13H,3H2,1-2H3/t7-/m0/s1. The highest BCUT2D eigenvalue weighted by Crippen LogP contribution is 2.27. The molecule has 0 radical (unpaired) electrons. The topological polar surface area (TPSA) is 81.5 Å². The molecule has 0 aliphatic heterocycles. The van der Waals surface area contributed by atoms with Crippen molar-refractivity contribution in [3.63, 3.8) is 0 Å². The molecule has 0 saturated heterocycles. The summed E-state index contributed by atoms with van der Waals surface area (Å²) in [7, 11) is 0. The van der Waals surface area contributed by atoms with Gasteiger partial charge in [0.25, 0.3) is 0 Å². The second-order valence-corrected chi connectivity index (χ2v) is 3.51. The molecular formula is C11H13FN2O4. The third kappa shape index (κ3) is 3.16. The van der Waals surface area contributed by atoms with Crippen molar-refractivity contribution in [3.8, 4) is 0 Å². The van der Waals surface area contributed by atoms with Gasteiger partial charge in [-0.15, -0.1) is 0 Å². The molecule has 1 aromatic carbocycles. The fraction of sp³-hybridized carbons (Fsp3) is 0.364. The van der Waals surface area contributed by atoms with E-state index < -0.39 is 28.4 Å². The van der Waals surface area contributed by atoms with Crippen molar-refractivity contribution in [2.24, 2.45) is 0 Å². The van der Waals surface area contributed by atoms with Crippen LogP contribution in [0.4, 0.5) is 15.8 Å². The molecule has 18 heavy (non-hydrogen) atoms. The van der Waals surface area contributed by atoms with Crippen LogP contribution >= 0.6 is 0 Å². The number of esters is 1. The predicted molar refractivity (Wildman–Crippen MR) is 62.8 cm³/mol. The zero-order chi connectivity index (χ0) is 13.7. The molecular weight excluding hydrogens is 243 g/mol. The summed E-state index contributed by atoms with van der Waals surface area (Å²) in [6, 6.07) is 2.84. The van der Waals surface area contributed by atoms with Gasteiger partial charge in [-0.25, -0.2) is 4.79 Å². The number of nitrogens with one attached hydrogen (secondary N) is 1. The van der Waals surface area contributed by atoms with Gasteiger partial charge in [0.15, 0.2) is 0 Å². The number of benzene rings is 1. The van der Waals surface area contributed by atoms with Gasteiger partial charge in [-0.2, -0.15) is 4.39 Å². The van der Waals surface area contributed by atoms with Gasteiger partial charge in [-0.1, -0.05) is 6.07 Å². The number of carbonyl (C=O) groups is 1. The Kier molecular flexibility index (Phi) is 4.59. The Labute approximate surface area is 103 Å². The fourth-order valence-corrected chi connectivity index (χ4v) is 1.38. The number of carbonyl (C=O) groups excluding carboxylic acids is 1. The van der Waals surface area contributed by atoms with Crippen molar-refractivity contribution in [2.75, 3.05) is 11.9 Å². The van der Waals surface area contributed by atoms with Crippen molar-refractivity contribution < 1.29 is 18.8 Å². The fourth-order valence-electron chi connectivity index (χ4n) is 1.38. The van der Waals surface area contributed by atoms with E-state index in [4.69, 9.17) is 4.74 Å². The van der Waals surface area contributed by atoms with Gasteiger partial charge in [0.1, 0.15) is 11.7 Å². The number of nitro groups is 1. The Morgan fingerprint density at radius 3 is 2.83 bits per heavy atom. The summed E-state index contributed by atoms with van der Waals surface area (Å²) in [4.78, 5) is 21.3. The molecule has 1 rings (SSSR count). The molecule has 0 bridgehead atoms. The Hall–Kier alpha value is -2.18. The molecule has 0 spiro atoms. The van der Waals surface area contributed by atoms with Crippen LogP contribution in [0.25, 0.3) is 0 Å². The second kappa shape index (κ2) is 5.95. The summed E-state index contributed by atoms with van der Waals surface area (Å²) in [6.07, 6.45) is 0. The van der Waals surface area contributed by atoms with Gasteiger partial charge in [0, 0.05) is 0 Å². The number of hydrogen-bond donors (Lipinski definition) is 1. The molecule has 0 saturated carbocycles. The van der Waals surface area contributed by atoms with Gasteiger partial charge in [0.2, 0.25) is 5.82 Å². The molecule has 0 amide bonds. The van der Waals surface area contributed by atoms with E-state index in [-0.39, 0.29) is 12.3 Å². The minimum absolute atomic E-state index is 0.0550. The first kappa shape index (κ1) is 13.9. The number of ether oxygens (including phenoxy) is 1. The van der Waals surface area contributed by atoms with Crippen LogP contribution in [0.15, 0.2) is 18.2 Å². The lowest BCUT2D eigenvalue weighted by atomic mass is 10.2. The first-order valence-corrected chi connectivity index (χ1v) is 5.33. The van der Waals surface area contributed by atoms with Crippen LogP contribution in [0, 0.1) is 15.9 Å². The van der Waals surface area contributed by atoms with E-state index in [1.54, 1.807) is 6.92 Å². The number of hydrogen-bond acceptors (Lipinski definition) is 5. The Balaban J connectivity index is 2.94. The molecule has 0 unspecified atom stereocenters. The highest BCUT2D eigenvalue weighted by atomic mass is 19.1. The van der Waals surface area contributed by atoms with Crippen LogP contribution in [0.3, 0.4) is 0 Å². The van der Waals surface area contributed by atoms with Crippen molar-refractivity contribution >= 4 is 17.3 Å². The maximum atomic E-state index is 13.3. The highest BCUT2D eigenvalue weighted by molar-refractivity contribution is 5.80. The van der Waals surface area contributed by atoms with Crippen molar-refractivity contribution in [2.45, 2.75) is 19.9 Å². The minimum atomic E-state index is -0.957. The Bertz CT molecular complexity index is 464. The largest absolute Gasteiger partial charge is 0.464 e. The zero-order valence-corrected chi connectivity index (χ0v) is 9.97. The Morgan fingerprint density at radius 2 is 2.28 bits per heavy atom. The average Bonchev–Trinajstić information content (AvgIpc) is 2.28. The van der Waals surface area contributed by atoms with Crippen LogP contribution in [0.2, 0.25) is 0 Å². The number of nitro benzene ring substituents is 1. The molecule has 98 valence electrons. The maximum Gasteiger partial charge on any atom is 0.328 e. The summed E-state index contributed by atoms with van der Waals surface area (Å²) in [5.41, 5.74) is -0.741. The summed E-state index contributed by atoms with van der Waals surface area (Å²) in [5, 5.41) is 13.3. The number of para-hydroxylation sites is 1. The average molecular weight is 256 g/mol. The molecule has 0 heterocycles. The first-order chi connectivity index (χ1) is 8.47. The summed E-state index contributed by atoms with van der Waals surface area (Å²) < 4.78 is 18.0. The van der Waals surface area contributed by atoms with Gasteiger partial charge in [0.05, 0.1) is 11.5 Å². The summed E-state index contributed by atoms with van der Waals surface area (Å²) in [6.45, 7) is 3.33. The van der Waals surface area contributed by atoms with Crippen molar-refractivity contribution in [1.29, 1.82) is 0 Å². The van der Waals surface area contributed by atoms with E-state index in [2.05, 4.69) is 5.32 Å². The smallest absolute Gasteiger partial charge is 0.328 e. The van der Waals surface area contributed by atoms with E-state index in [1.165, 1.54) is 19.1 Å². The third-order valence-electron chi connectivity index (χ3n) is 2.18. The van der Waals surface area contributed by atoms with E-state index >= 15 is 0 Å². The molecule has 0 fully saturated rings. The maximum absolute atomic E-state index is 13.3. The molecule has 0 aliphatic rings. The molecule has 1 atom stereocenters. The van der Waals surface area contributed by atoms with Gasteiger partial charge in [-0.3, -0.25) is 10.1 Å². The van der Waals surface area contributed by atoms with E-state index in [0.717, 1.165) is 6.07 Å². The van der Waals surface area contributed by atoms with Gasteiger partial charge < -0.3 is 10.1 Å². The van der Waals surface area contributed by atoms with Crippen molar-refractivity contribution in [1.82, 2.24) is 0 Å². The SMILES string of the molecule is CCOC(=O)[C@H](C)Nc1cccc(F)c1[N+](=O)[O-]. The quantitative estimate of drug-likeness (QED) is 0.495. The molecule has 0 aromatic heterocycles. The van der Waals surface area contributed by atoms with Gasteiger partial charge in [-0.05, 0) is 26.0 Å². The monoisotopic (exact) mass is 256 g/mol. The van der Waals surface area contributed by atoms with Gasteiger partial charge >= 0.3 is 11.7 Å². The minimum Gasteiger partial charge on any atom is -0.464 e. The molecule has 7 heteroatoms. The second-order valence-electron chi connectivity index (χ2n) is 3.51. The number of rotatable bonds is 5. The normalized spacial score (nSPS) is 11.7. The lowest BCUT2D eigenvalue weighted by Crippen LogP contribution is -2.28. The predicted octanol–water partition coefficient (Wildman–Crippen LogP) is 2.10. The first-order valence-electron chi connectivity index (χ1n) is 5.33. The van der Waals surface area contributed by atoms with E-state index in [9.17, 15) is 19.3 Å². The summed E-state index contributed by atoms with van der Waals surface area (Å²) in [5.74, 6) is -1.52. The van der Waals surface area contributed by atoms with Crippen LogP contribution in [0.1, 0.15) is 13.8 Å². The molecule has 6 nitrogen and oxygen atoms in total. The molecule has 1 N–H and O–H groups in total. The number of anilines is 1. The number of halogens is 1. The highest BCUT2D eigenvalue weighted by Gasteiger charge is 2.23. The lowest BCUT2D eigenvalue weighted by Gasteiger charge is -2.13. The molecule has 1 aromatic rings. The third-order valence-corrected chi connectivity index (χ3v) is 2.18. The van der Waals surface area contributed by atoms with E-state index in [1.807, 2.05) is 0 Å². The van der Waals surface area contributed by atoms with Crippen molar-refractivity contribution in [3.05, 3.63) is 34.1 Å². The van der Waals surface area contributed by atoms with Crippen LogP contribution < -0.4 is 5.32 Å². The summed E-state index contributed by atoms with van der Waals surface area (Å²) >= 11 is 0. The van der Waals surface area contributed by atoms with Crippen LogP contribution in [-0.4, -0.2) is 23.5 Å². The Morgan fingerprint density at radius 1 is 1.61 bits per heavy atom. The molecule has 0 aliphatic carbocycles.